The van der Waals surface area contributed by atoms with Gasteiger partial charge in [0.25, 0.3) is 0 Å². The van der Waals surface area contributed by atoms with Crippen LogP contribution in [0, 0.1) is 20.8 Å². The van der Waals surface area contributed by atoms with Crippen molar-refractivity contribution in [3.05, 3.63) is 137 Å². The number of nitrogens with one attached hydrogen (secondary N) is 1. The number of thiocarbonyl (C=S) groups is 1. The third-order valence-corrected chi connectivity index (χ3v) is 8.25. The van der Waals surface area contributed by atoms with Gasteiger partial charge in [0.1, 0.15) is 11.5 Å². The fourth-order valence-corrected chi connectivity index (χ4v) is 6.25. The summed E-state index contributed by atoms with van der Waals surface area (Å²) in [7, 11) is 0. The second-order valence-electron chi connectivity index (χ2n) is 10.5. The van der Waals surface area contributed by atoms with Crippen molar-refractivity contribution in [1.82, 2.24) is 14.9 Å². The Kier molecular flexibility index (Phi) is 7.33. The first kappa shape index (κ1) is 26.8. The van der Waals surface area contributed by atoms with Crippen molar-refractivity contribution in [3.63, 3.8) is 0 Å². The Morgan fingerprint density at radius 1 is 0.878 bits per heavy atom. The lowest BCUT2D eigenvalue weighted by Crippen LogP contribution is -2.29. The molecule has 1 saturated heterocycles. The van der Waals surface area contributed by atoms with Crippen LogP contribution >= 0.6 is 12.2 Å². The first-order valence-electron chi connectivity index (χ1n) is 14.1. The molecule has 0 aliphatic carbocycles. The van der Waals surface area contributed by atoms with Gasteiger partial charge >= 0.3 is 0 Å². The molecule has 2 aromatic heterocycles. The second-order valence-corrected chi connectivity index (χ2v) is 10.9. The Bertz CT molecular complexity index is 1690. The molecule has 3 aromatic carbocycles. The third-order valence-electron chi connectivity index (χ3n) is 7.94. The van der Waals surface area contributed by atoms with Gasteiger partial charge in [0.05, 0.1) is 17.8 Å². The highest BCUT2D eigenvalue weighted by atomic mass is 32.1. The maximum absolute atomic E-state index is 6.18. The van der Waals surface area contributed by atoms with Crippen LogP contribution in [0.4, 0.5) is 5.69 Å². The zero-order chi connectivity index (χ0) is 28.5. The molecule has 2 unspecified atom stereocenters. The molecule has 1 fully saturated rings. The highest BCUT2D eigenvalue weighted by Gasteiger charge is 2.42. The van der Waals surface area contributed by atoms with Gasteiger partial charge in [-0.15, -0.1) is 0 Å². The summed E-state index contributed by atoms with van der Waals surface area (Å²) < 4.78 is 8.56. The molecule has 0 spiro atoms. The topological polar surface area (TPSA) is 42.3 Å². The van der Waals surface area contributed by atoms with E-state index in [2.05, 4.69) is 97.1 Å². The second kappa shape index (κ2) is 11.2. The minimum Gasteiger partial charge on any atom is -0.457 e. The number of anilines is 1. The zero-order valence-electron chi connectivity index (χ0n) is 23.8. The molecule has 5 aromatic rings. The quantitative estimate of drug-likeness (QED) is 0.203. The molecule has 0 radical (unpaired) electrons. The van der Waals surface area contributed by atoms with E-state index in [1.165, 1.54) is 28.2 Å². The summed E-state index contributed by atoms with van der Waals surface area (Å²) in [5.74, 6) is 1.64. The summed E-state index contributed by atoms with van der Waals surface area (Å²) in [5.41, 5.74) is 9.22. The molecule has 1 aliphatic heterocycles. The molecule has 1 aliphatic rings. The van der Waals surface area contributed by atoms with Crippen LogP contribution in [0.5, 0.6) is 11.5 Å². The number of aryl methyl sites for hydroxylation is 3. The molecule has 1 N–H and O–H groups in total. The van der Waals surface area contributed by atoms with E-state index >= 15 is 0 Å². The molecule has 6 rings (SSSR count). The molecule has 6 heteroatoms. The standard InChI is InChI=1S/C35H34N4OS/c1-5-26-13-7-8-15-31(26)38-24(3)22-29(25(38)4)34-33(30-14-10-11-21-36-30)37-35(41)39(34)27-17-19-28(20-18-27)40-32-16-9-6-12-23(32)2/h6-22,33-34H,5H2,1-4H3,(H,37,41). The van der Waals surface area contributed by atoms with Crippen LogP contribution in [0.3, 0.4) is 0 Å². The smallest absolute Gasteiger partial charge is 0.174 e. The number of ether oxygens (including phenoxy) is 1. The van der Waals surface area contributed by atoms with E-state index in [-0.39, 0.29) is 12.1 Å². The molecule has 0 bridgehead atoms. The van der Waals surface area contributed by atoms with Crippen LogP contribution in [0.25, 0.3) is 5.69 Å². The minimum absolute atomic E-state index is 0.0886. The van der Waals surface area contributed by atoms with E-state index in [4.69, 9.17) is 21.9 Å². The molecule has 3 heterocycles. The van der Waals surface area contributed by atoms with Gasteiger partial charge in [-0.3, -0.25) is 4.98 Å². The summed E-state index contributed by atoms with van der Waals surface area (Å²) in [6.07, 6.45) is 2.81. The Hall–Kier alpha value is -4.42. The van der Waals surface area contributed by atoms with Crippen LogP contribution in [0.2, 0.25) is 0 Å². The van der Waals surface area contributed by atoms with Crippen molar-refractivity contribution in [2.75, 3.05) is 4.90 Å². The zero-order valence-corrected chi connectivity index (χ0v) is 24.7. The van der Waals surface area contributed by atoms with E-state index in [0.29, 0.717) is 5.11 Å². The number of aromatic nitrogens is 2. The average Bonchev–Trinajstić information content (AvgIpc) is 3.49. The molecular formula is C35H34N4OS. The molecular weight excluding hydrogens is 524 g/mol. The summed E-state index contributed by atoms with van der Waals surface area (Å²) in [4.78, 5) is 6.96. The fourth-order valence-electron chi connectivity index (χ4n) is 5.91. The van der Waals surface area contributed by atoms with Crippen LogP contribution in [0.15, 0.2) is 103 Å². The highest BCUT2D eigenvalue weighted by molar-refractivity contribution is 7.80. The van der Waals surface area contributed by atoms with Crippen molar-refractivity contribution < 1.29 is 4.74 Å². The Morgan fingerprint density at radius 2 is 1.61 bits per heavy atom. The number of hydrogen-bond acceptors (Lipinski definition) is 3. The predicted octanol–water partition coefficient (Wildman–Crippen LogP) is 8.33. The summed E-state index contributed by atoms with van der Waals surface area (Å²) in [5, 5.41) is 4.28. The Labute approximate surface area is 247 Å². The van der Waals surface area contributed by atoms with Gasteiger partial charge in [-0.2, -0.15) is 0 Å². The molecule has 0 amide bonds. The van der Waals surface area contributed by atoms with Gasteiger partial charge < -0.3 is 19.5 Å². The van der Waals surface area contributed by atoms with Gasteiger partial charge in [-0.1, -0.05) is 49.4 Å². The molecule has 2 atom stereocenters. The van der Waals surface area contributed by atoms with Crippen molar-refractivity contribution in [2.45, 2.75) is 46.2 Å². The number of benzene rings is 3. The normalized spacial score (nSPS) is 16.6. The maximum atomic E-state index is 6.18. The Morgan fingerprint density at radius 3 is 2.34 bits per heavy atom. The van der Waals surface area contributed by atoms with Crippen LogP contribution in [-0.2, 0) is 6.42 Å². The largest absolute Gasteiger partial charge is 0.457 e. The van der Waals surface area contributed by atoms with Crippen molar-refractivity contribution in [2.24, 2.45) is 0 Å². The molecule has 5 nitrogen and oxygen atoms in total. The van der Waals surface area contributed by atoms with Gasteiger partial charge in [0.15, 0.2) is 5.11 Å². The SMILES string of the molecule is CCc1ccccc1-n1c(C)cc(C2C(c3ccccn3)NC(=S)N2c2ccc(Oc3ccccc3C)cc2)c1C. The monoisotopic (exact) mass is 558 g/mol. The lowest BCUT2D eigenvalue weighted by Gasteiger charge is -2.28. The van der Waals surface area contributed by atoms with Crippen LogP contribution in [-0.4, -0.2) is 14.7 Å². The van der Waals surface area contributed by atoms with Crippen LogP contribution < -0.4 is 15.0 Å². The minimum atomic E-state index is -0.109. The molecule has 0 saturated carbocycles. The lowest BCUT2D eigenvalue weighted by atomic mass is 9.96. The van der Waals surface area contributed by atoms with E-state index < -0.39 is 0 Å². The first-order chi connectivity index (χ1) is 20.0. The van der Waals surface area contributed by atoms with Crippen LogP contribution in [0.1, 0.15) is 52.8 Å². The Balaban J connectivity index is 1.43. The molecule has 41 heavy (non-hydrogen) atoms. The highest BCUT2D eigenvalue weighted by Crippen LogP contribution is 2.44. The van der Waals surface area contributed by atoms with E-state index in [1.807, 2.05) is 48.7 Å². The van der Waals surface area contributed by atoms with E-state index in [9.17, 15) is 0 Å². The number of para-hydroxylation sites is 2. The predicted molar refractivity (Wildman–Crippen MR) is 170 cm³/mol. The third kappa shape index (κ3) is 5.00. The number of pyridine rings is 1. The summed E-state index contributed by atoms with van der Waals surface area (Å²) in [6.45, 7) is 8.65. The van der Waals surface area contributed by atoms with Crippen molar-refractivity contribution in [1.29, 1.82) is 0 Å². The van der Waals surface area contributed by atoms with E-state index in [1.54, 1.807) is 0 Å². The van der Waals surface area contributed by atoms with Gasteiger partial charge in [-0.25, -0.2) is 0 Å². The van der Waals surface area contributed by atoms with Gasteiger partial charge in [0, 0.05) is 29.0 Å². The summed E-state index contributed by atoms with van der Waals surface area (Å²) >= 11 is 6.00. The number of hydrogen-bond donors (Lipinski definition) is 1. The maximum Gasteiger partial charge on any atom is 0.174 e. The van der Waals surface area contributed by atoms with Gasteiger partial charge in [-0.05, 0) is 111 Å². The number of rotatable bonds is 7. The van der Waals surface area contributed by atoms with Gasteiger partial charge in [0.2, 0.25) is 0 Å². The van der Waals surface area contributed by atoms with Crippen molar-refractivity contribution >= 4 is 23.0 Å². The average molecular weight is 559 g/mol. The lowest BCUT2D eigenvalue weighted by molar-refractivity contribution is 0.479. The van der Waals surface area contributed by atoms with Crippen molar-refractivity contribution in [3.8, 4) is 17.2 Å². The number of nitrogens with zero attached hydrogens (tertiary/aromatic N) is 3. The molecule has 206 valence electrons. The van der Waals surface area contributed by atoms with E-state index in [0.717, 1.165) is 34.9 Å². The summed E-state index contributed by atoms with van der Waals surface area (Å²) in [6, 6.07) is 33.0. The fraction of sp³-hybridized carbons (Fsp3) is 0.200. The first-order valence-corrected chi connectivity index (χ1v) is 14.5.